The first-order chi connectivity index (χ1) is 9.02. The summed E-state index contributed by atoms with van der Waals surface area (Å²) in [6, 6.07) is 4.06. The summed E-state index contributed by atoms with van der Waals surface area (Å²) in [7, 11) is 1.70. The number of hydrogen-bond donors (Lipinski definition) is 1. The van der Waals surface area contributed by atoms with Gasteiger partial charge in [-0.3, -0.25) is 4.79 Å². The van der Waals surface area contributed by atoms with Gasteiger partial charge in [-0.2, -0.15) is 0 Å². The molecule has 19 heavy (non-hydrogen) atoms. The number of carbonyl (C=O) groups excluding carboxylic acids is 1. The third kappa shape index (κ3) is 2.72. The number of aromatic hydroxyl groups is 1. The van der Waals surface area contributed by atoms with Crippen molar-refractivity contribution in [3.8, 4) is 5.75 Å². The number of phenols is 1. The highest BCUT2D eigenvalue weighted by molar-refractivity contribution is 5.97. The number of halogens is 1. The van der Waals surface area contributed by atoms with Gasteiger partial charge < -0.3 is 10.0 Å². The highest BCUT2D eigenvalue weighted by Crippen LogP contribution is 2.30. The van der Waals surface area contributed by atoms with Gasteiger partial charge in [-0.25, -0.2) is 4.39 Å². The van der Waals surface area contributed by atoms with Gasteiger partial charge in [-0.15, -0.1) is 0 Å². The van der Waals surface area contributed by atoms with Crippen LogP contribution in [0.3, 0.4) is 0 Å². The molecule has 0 saturated heterocycles. The zero-order valence-corrected chi connectivity index (χ0v) is 11.4. The van der Waals surface area contributed by atoms with Crippen molar-refractivity contribution in [3.05, 3.63) is 29.6 Å². The molecule has 1 aromatic rings. The minimum Gasteiger partial charge on any atom is -0.507 e. The molecule has 2 atom stereocenters. The number of nitrogens with zero attached hydrogens (tertiary/aromatic N) is 1. The number of hydrogen-bond acceptors (Lipinski definition) is 2. The van der Waals surface area contributed by atoms with Gasteiger partial charge in [0.2, 0.25) is 0 Å². The van der Waals surface area contributed by atoms with Gasteiger partial charge in [-0.05, 0) is 30.9 Å². The van der Waals surface area contributed by atoms with Crippen molar-refractivity contribution in [3.63, 3.8) is 0 Å². The number of rotatable bonds is 2. The van der Waals surface area contributed by atoms with Gasteiger partial charge in [0.1, 0.15) is 17.1 Å². The van der Waals surface area contributed by atoms with Gasteiger partial charge in [0.05, 0.1) is 0 Å². The Bertz CT molecular complexity index is 455. The fourth-order valence-corrected chi connectivity index (χ4v) is 2.92. The van der Waals surface area contributed by atoms with E-state index in [1.165, 1.54) is 24.6 Å². The molecule has 0 bridgehead atoms. The Kier molecular flexibility index (Phi) is 4.08. The van der Waals surface area contributed by atoms with Crippen molar-refractivity contribution in [2.75, 3.05) is 7.05 Å². The Morgan fingerprint density at radius 3 is 2.68 bits per heavy atom. The lowest BCUT2D eigenvalue weighted by atomic mass is 9.85. The fraction of sp³-hybridized carbons (Fsp3) is 0.533. The first-order valence-electron chi connectivity index (χ1n) is 6.77. The van der Waals surface area contributed by atoms with Crippen LogP contribution in [0.2, 0.25) is 0 Å². The van der Waals surface area contributed by atoms with E-state index in [9.17, 15) is 14.3 Å². The second kappa shape index (κ2) is 5.59. The molecule has 1 aliphatic rings. The molecule has 104 valence electrons. The van der Waals surface area contributed by atoms with Crippen molar-refractivity contribution in [2.45, 2.75) is 38.6 Å². The first-order valence-corrected chi connectivity index (χ1v) is 6.77. The SMILES string of the molecule is CC1CCCCC1N(C)C(=O)c1c(O)cccc1F. The minimum absolute atomic E-state index is 0.125. The molecule has 2 rings (SSSR count). The van der Waals surface area contributed by atoms with E-state index in [1.807, 2.05) is 0 Å². The molecule has 1 aliphatic carbocycles. The predicted octanol–water partition coefficient (Wildman–Crippen LogP) is 3.18. The molecule has 2 unspecified atom stereocenters. The lowest BCUT2D eigenvalue weighted by Gasteiger charge is -2.36. The smallest absolute Gasteiger partial charge is 0.260 e. The second-order valence-electron chi connectivity index (χ2n) is 5.38. The molecule has 0 aromatic heterocycles. The van der Waals surface area contributed by atoms with E-state index in [-0.39, 0.29) is 17.4 Å². The van der Waals surface area contributed by atoms with Crippen LogP contribution >= 0.6 is 0 Å². The molecule has 1 saturated carbocycles. The Morgan fingerprint density at radius 2 is 2.05 bits per heavy atom. The normalized spacial score (nSPS) is 23.1. The van der Waals surface area contributed by atoms with E-state index in [4.69, 9.17) is 0 Å². The second-order valence-corrected chi connectivity index (χ2v) is 5.38. The summed E-state index contributed by atoms with van der Waals surface area (Å²) >= 11 is 0. The summed E-state index contributed by atoms with van der Waals surface area (Å²) in [5.74, 6) is -0.980. The van der Waals surface area contributed by atoms with Gasteiger partial charge in [0.15, 0.2) is 0 Å². The highest BCUT2D eigenvalue weighted by Gasteiger charge is 2.30. The Hall–Kier alpha value is -1.58. The molecule has 0 spiro atoms. The van der Waals surface area contributed by atoms with Gasteiger partial charge in [0, 0.05) is 13.1 Å². The zero-order valence-electron chi connectivity index (χ0n) is 11.4. The predicted molar refractivity (Wildman–Crippen MR) is 71.6 cm³/mol. The van der Waals surface area contributed by atoms with E-state index in [2.05, 4.69) is 6.92 Å². The number of phenolic OH excluding ortho intramolecular Hbond substituents is 1. The molecule has 0 heterocycles. The molecule has 0 radical (unpaired) electrons. The molecule has 4 heteroatoms. The maximum absolute atomic E-state index is 13.7. The Morgan fingerprint density at radius 1 is 1.37 bits per heavy atom. The molecular formula is C15H20FNO2. The number of amides is 1. The largest absolute Gasteiger partial charge is 0.507 e. The van der Waals surface area contributed by atoms with Crippen molar-refractivity contribution in [2.24, 2.45) is 5.92 Å². The minimum atomic E-state index is -0.666. The summed E-state index contributed by atoms with van der Waals surface area (Å²) in [4.78, 5) is 13.9. The van der Waals surface area contributed by atoms with Crippen LogP contribution in [-0.2, 0) is 0 Å². The van der Waals surface area contributed by atoms with Crippen LogP contribution in [-0.4, -0.2) is 29.0 Å². The Balaban J connectivity index is 2.23. The average molecular weight is 265 g/mol. The van der Waals surface area contributed by atoms with Crippen LogP contribution in [0, 0.1) is 11.7 Å². The van der Waals surface area contributed by atoms with Crippen LogP contribution in [0.25, 0.3) is 0 Å². The lowest BCUT2D eigenvalue weighted by molar-refractivity contribution is 0.0621. The summed E-state index contributed by atoms with van der Waals surface area (Å²) in [6.07, 6.45) is 4.31. The monoisotopic (exact) mass is 265 g/mol. The molecule has 0 aliphatic heterocycles. The third-order valence-electron chi connectivity index (χ3n) is 4.09. The van der Waals surface area contributed by atoms with E-state index in [0.717, 1.165) is 19.3 Å². The molecule has 1 aromatic carbocycles. The molecule has 3 nitrogen and oxygen atoms in total. The van der Waals surface area contributed by atoms with Gasteiger partial charge in [0.25, 0.3) is 5.91 Å². The Labute approximate surface area is 113 Å². The fourth-order valence-electron chi connectivity index (χ4n) is 2.92. The van der Waals surface area contributed by atoms with Crippen LogP contribution in [0.1, 0.15) is 43.0 Å². The van der Waals surface area contributed by atoms with E-state index in [1.54, 1.807) is 11.9 Å². The maximum atomic E-state index is 13.7. The lowest BCUT2D eigenvalue weighted by Crippen LogP contribution is -2.42. The number of carbonyl (C=O) groups is 1. The van der Waals surface area contributed by atoms with Crippen molar-refractivity contribution < 1.29 is 14.3 Å². The molecule has 1 amide bonds. The van der Waals surface area contributed by atoms with Crippen LogP contribution in [0.5, 0.6) is 5.75 Å². The molecule has 1 N–H and O–H groups in total. The number of benzene rings is 1. The highest BCUT2D eigenvalue weighted by atomic mass is 19.1. The first kappa shape index (κ1) is 13.8. The van der Waals surface area contributed by atoms with Gasteiger partial charge in [-0.1, -0.05) is 25.8 Å². The maximum Gasteiger partial charge on any atom is 0.260 e. The van der Waals surface area contributed by atoms with Crippen molar-refractivity contribution in [1.29, 1.82) is 0 Å². The molecule has 1 fully saturated rings. The zero-order chi connectivity index (χ0) is 14.0. The third-order valence-corrected chi connectivity index (χ3v) is 4.09. The summed E-state index contributed by atoms with van der Waals surface area (Å²) < 4.78 is 13.7. The van der Waals surface area contributed by atoms with Crippen LogP contribution < -0.4 is 0 Å². The topological polar surface area (TPSA) is 40.5 Å². The average Bonchev–Trinajstić information content (AvgIpc) is 2.38. The van der Waals surface area contributed by atoms with E-state index >= 15 is 0 Å². The summed E-state index contributed by atoms with van der Waals surface area (Å²) in [5, 5.41) is 9.69. The van der Waals surface area contributed by atoms with E-state index < -0.39 is 11.7 Å². The van der Waals surface area contributed by atoms with Crippen molar-refractivity contribution >= 4 is 5.91 Å². The van der Waals surface area contributed by atoms with Crippen LogP contribution in [0.4, 0.5) is 4.39 Å². The molecular weight excluding hydrogens is 245 g/mol. The summed E-state index contributed by atoms with van der Waals surface area (Å²) in [5.41, 5.74) is -0.220. The van der Waals surface area contributed by atoms with Gasteiger partial charge >= 0.3 is 0 Å². The van der Waals surface area contributed by atoms with E-state index in [0.29, 0.717) is 5.92 Å². The quantitative estimate of drug-likeness (QED) is 0.892. The van der Waals surface area contributed by atoms with Crippen molar-refractivity contribution in [1.82, 2.24) is 4.90 Å². The van der Waals surface area contributed by atoms with Crippen LogP contribution in [0.15, 0.2) is 18.2 Å². The summed E-state index contributed by atoms with van der Waals surface area (Å²) in [6.45, 7) is 2.12. The standard InChI is InChI=1S/C15H20FNO2/c1-10-6-3-4-8-12(10)17(2)15(19)14-11(16)7-5-9-13(14)18/h5,7,9-10,12,18H,3-4,6,8H2,1-2H3.